The number of halogens is 3. The first-order valence-corrected chi connectivity index (χ1v) is 12.3. The summed E-state index contributed by atoms with van der Waals surface area (Å²) in [6.45, 7) is 0. The summed E-state index contributed by atoms with van der Waals surface area (Å²) in [4.78, 5) is 40.7. The van der Waals surface area contributed by atoms with Crippen LogP contribution in [0.4, 0.5) is 23.4 Å². The lowest BCUT2D eigenvalue weighted by atomic mass is 10.1. The van der Waals surface area contributed by atoms with Crippen LogP contribution in [0.2, 0.25) is 0 Å². The van der Waals surface area contributed by atoms with E-state index in [4.69, 9.17) is 9.90 Å². The minimum Gasteiger partial charge on any atom is -0.505 e. The Morgan fingerprint density at radius 3 is 2.38 bits per heavy atom. The van der Waals surface area contributed by atoms with Gasteiger partial charge in [0.15, 0.2) is 5.75 Å². The number of phenolic OH excluding ortho intramolecular Hbond substituents is 1. The highest BCUT2D eigenvalue weighted by Crippen LogP contribution is 2.29. The van der Waals surface area contributed by atoms with Gasteiger partial charge in [0.05, 0.1) is 5.56 Å². The molecular weight excluding hydrogens is 581 g/mol. The second-order valence-electron chi connectivity index (χ2n) is 8.31. The van der Waals surface area contributed by atoms with Crippen LogP contribution in [0.3, 0.4) is 0 Å². The van der Waals surface area contributed by atoms with Gasteiger partial charge in [0.2, 0.25) is 10.3 Å². The molecule has 0 aliphatic rings. The number of benzene rings is 2. The largest absolute Gasteiger partial charge is 0.505 e. The van der Waals surface area contributed by atoms with E-state index in [0.29, 0.717) is 10.9 Å². The van der Waals surface area contributed by atoms with Gasteiger partial charge in [-0.15, -0.1) is 10.2 Å². The highest BCUT2D eigenvalue weighted by atomic mass is 32.1. The molecule has 0 aliphatic carbocycles. The fourth-order valence-electron chi connectivity index (χ4n) is 3.68. The fraction of sp³-hybridized carbons (Fsp3) is 0.154. The summed E-state index contributed by atoms with van der Waals surface area (Å²) < 4.78 is 31.7. The molecule has 0 spiro atoms. The Bertz CT molecular complexity index is 1740. The highest BCUT2D eigenvalue weighted by Gasteiger charge is 2.38. The maximum absolute atomic E-state index is 12.7. The van der Waals surface area contributed by atoms with Gasteiger partial charge < -0.3 is 25.6 Å². The lowest BCUT2D eigenvalue weighted by molar-refractivity contribution is -0.192. The highest BCUT2D eigenvalue weighted by molar-refractivity contribution is 7.19. The van der Waals surface area contributed by atoms with Crippen molar-refractivity contribution in [1.29, 1.82) is 0 Å². The van der Waals surface area contributed by atoms with Gasteiger partial charge >= 0.3 is 18.1 Å². The lowest BCUT2D eigenvalue weighted by Gasteiger charge is -2.12. The van der Waals surface area contributed by atoms with Crippen LogP contribution in [-0.4, -0.2) is 65.5 Å². The lowest BCUT2D eigenvalue weighted by Crippen LogP contribution is -2.31. The van der Waals surface area contributed by atoms with Crippen LogP contribution in [0.25, 0.3) is 21.8 Å². The van der Waals surface area contributed by atoms with Crippen LogP contribution in [0.1, 0.15) is 23.3 Å². The minimum absolute atomic E-state index is 0. The number of hydrogen-bond acceptors (Lipinski definition) is 9. The number of hydrogen-bond donors (Lipinski definition) is 6. The van der Waals surface area contributed by atoms with Gasteiger partial charge in [-0.05, 0) is 23.8 Å². The van der Waals surface area contributed by atoms with Crippen LogP contribution in [-0.2, 0) is 16.0 Å². The van der Waals surface area contributed by atoms with Gasteiger partial charge in [0.25, 0.3) is 5.91 Å². The van der Waals surface area contributed by atoms with Crippen molar-refractivity contribution in [2.45, 2.75) is 26.1 Å². The van der Waals surface area contributed by atoms with Crippen LogP contribution >= 0.6 is 11.3 Å². The predicted molar refractivity (Wildman–Crippen MR) is 149 cm³/mol. The standard InChI is InChI=1S/C23H18N6O4S.C2HF3O2.CH4/c30-19-15(8-7-12-4-3-9-24-18(12)19)20(31)27-23-29-28-22(34-23)26-17(21(32)33)10-13-11-25-16-6-2-1-5-14(13)16;3-2(4,5)1(6)7;/h1-9,11,17,25,30H,10H2,(H,26,28)(H,32,33)(H,27,29,31);(H,6,7);1H4/t17-;;/m0../s1. The number of carbonyl (C=O) groups excluding carboxylic acids is 1. The zero-order valence-corrected chi connectivity index (χ0v) is 21.3. The van der Waals surface area contributed by atoms with E-state index in [0.717, 1.165) is 27.8 Å². The zero-order chi connectivity index (χ0) is 29.7. The number of phenols is 1. The first kappa shape index (κ1) is 31.3. The Balaban J connectivity index is 0.000000541. The quantitative estimate of drug-likeness (QED) is 0.149. The molecule has 5 rings (SSSR count). The number of amides is 1. The molecule has 3 aromatic heterocycles. The van der Waals surface area contributed by atoms with Gasteiger partial charge in [0, 0.05) is 35.1 Å². The number of aromatic nitrogens is 4. The van der Waals surface area contributed by atoms with Crippen LogP contribution in [0.15, 0.2) is 60.9 Å². The summed E-state index contributed by atoms with van der Waals surface area (Å²) in [6, 6.07) is 13.4. The number of fused-ring (bicyclic) bond motifs is 2. The van der Waals surface area contributed by atoms with Crippen LogP contribution in [0.5, 0.6) is 5.75 Å². The molecule has 0 aliphatic heterocycles. The third-order valence-corrected chi connectivity index (χ3v) is 6.35. The Hall–Kier alpha value is -5.25. The summed E-state index contributed by atoms with van der Waals surface area (Å²) in [5, 5.41) is 42.6. The number of nitrogens with zero attached hydrogens (tertiary/aromatic N) is 3. The molecule has 0 saturated carbocycles. The number of nitrogens with one attached hydrogen (secondary N) is 3. The molecule has 16 heteroatoms. The number of carbonyl (C=O) groups is 3. The molecule has 2 aromatic carbocycles. The van der Waals surface area contributed by atoms with Crippen molar-refractivity contribution in [3.05, 3.63) is 72.1 Å². The number of H-pyrrole nitrogens is 1. The average Bonchev–Trinajstić information content (AvgIpc) is 3.55. The van der Waals surface area contributed by atoms with Gasteiger partial charge in [-0.3, -0.25) is 15.1 Å². The summed E-state index contributed by atoms with van der Waals surface area (Å²) >= 11 is 0.994. The molecule has 0 fully saturated rings. The van der Waals surface area contributed by atoms with E-state index in [1.165, 1.54) is 12.3 Å². The number of anilines is 2. The SMILES string of the molecule is C.O=C(Nc1nnc(N[C@@H](Cc2c[nH]c3ccccc23)C(=O)O)s1)c1ccc2cccnc2c1O.O=C(O)C(F)(F)F. The normalized spacial score (nSPS) is 11.6. The smallest absolute Gasteiger partial charge is 0.490 e. The van der Waals surface area contributed by atoms with Crippen molar-refractivity contribution < 1.29 is 42.9 Å². The van der Waals surface area contributed by atoms with Crippen molar-refractivity contribution in [3.63, 3.8) is 0 Å². The van der Waals surface area contributed by atoms with E-state index in [-0.39, 0.29) is 35.4 Å². The monoisotopic (exact) mass is 604 g/mol. The maximum atomic E-state index is 12.7. The third kappa shape index (κ3) is 7.28. The number of para-hydroxylation sites is 1. The number of carboxylic acids is 2. The fourth-order valence-corrected chi connectivity index (χ4v) is 4.37. The van der Waals surface area contributed by atoms with Gasteiger partial charge in [-0.1, -0.05) is 49.1 Å². The molecule has 0 radical (unpaired) electrons. The Labute approximate surface area is 238 Å². The molecule has 0 unspecified atom stereocenters. The molecular formula is C26H23F3N6O6S. The molecule has 1 amide bonds. The average molecular weight is 605 g/mol. The minimum atomic E-state index is -5.08. The number of aliphatic carboxylic acids is 2. The van der Waals surface area contributed by atoms with E-state index in [1.54, 1.807) is 24.4 Å². The van der Waals surface area contributed by atoms with Crippen molar-refractivity contribution in [2.24, 2.45) is 0 Å². The molecule has 3 heterocycles. The topological polar surface area (TPSA) is 190 Å². The first-order valence-electron chi connectivity index (χ1n) is 11.5. The number of carboxylic acid groups (broad SMARTS) is 2. The summed E-state index contributed by atoms with van der Waals surface area (Å²) in [7, 11) is 0. The van der Waals surface area contributed by atoms with Crippen LogP contribution in [0, 0.1) is 0 Å². The second kappa shape index (κ2) is 12.9. The van der Waals surface area contributed by atoms with Gasteiger partial charge in [-0.2, -0.15) is 13.2 Å². The molecule has 5 aromatic rings. The van der Waals surface area contributed by atoms with Gasteiger partial charge in [0.1, 0.15) is 11.6 Å². The number of rotatable bonds is 7. The number of aromatic hydroxyl groups is 1. The number of aromatic amines is 1. The second-order valence-corrected chi connectivity index (χ2v) is 9.28. The van der Waals surface area contributed by atoms with Crippen molar-refractivity contribution in [2.75, 3.05) is 10.6 Å². The molecule has 42 heavy (non-hydrogen) atoms. The van der Waals surface area contributed by atoms with E-state index >= 15 is 0 Å². The van der Waals surface area contributed by atoms with E-state index < -0.39 is 30.1 Å². The van der Waals surface area contributed by atoms with Gasteiger partial charge in [-0.25, -0.2) is 9.59 Å². The zero-order valence-electron chi connectivity index (χ0n) is 20.5. The molecule has 12 nitrogen and oxygen atoms in total. The third-order valence-electron chi connectivity index (χ3n) is 5.58. The van der Waals surface area contributed by atoms with Crippen molar-refractivity contribution in [1.82, 2.24) is 20.2 Å². The summed E-state index contributed by atoms with van der Waals surface area (Å²) in [5.41, 5.74) is 2.14. The molecule has 6 N–H and O–H groups in total. The molecule has 0 saturated heterocycles. The van der Waals surface area contributed by atoms with Crippen molar-refractivity contribution in [3.8, 4) is 5.75 Å². The first-order chi connectivity index (χ1) is 19.4. The maximum Gasteiger partial charge on any atom is 0.490 e. The van der Waals surface area contributed by atoms with E-state index in [1.807, 2.05) is 24.3 Å². The molecule has 220 valence electrons. The number of alkyl halides is 3. The van der Waals surface area contributed by atoms with E-state index in [9.17, 15) is 33.0 Å². The molecule has 1 atom stereocenters. The summed E-state index contributed by atoms with van der Waals surface area (Å²) in [6.07, 6.45) is -1.54. The predicted octanol–water partition coefficient (Wildman–Crippen LogP) is 4.90. The molecule has 0 bridgehead atoms. The number of pyridine rings is 1. The Kier molecular flexibility index (Phi) is 9.64. The Morgan fingerprint density at radius 2 is 1.69 bits per heavy atom. The van der Waals surface area contributed by atoms with Crippen molar-refractivity contribution >= 4 is 61.3 Å². The van der Waals surface area contributed by atoms with Crippen LogP contribution < -0.4 is 10.6 Å². The Morgan fingerprint density at radius 1 is 1.00 bits per heavy atom. The summed E-state index contributed by atoms with van der Waals surface area (Å²) in [5.74, 6) is -4.61. The van der Waals surface area contributed by atoms with E-state index in [2.05, 4.69) is 30.8 Å².